The maximum atomic E-state index is 3.92. The SMILES string of the molecule is CC(I)c1ccncc1. The van der Waals surface area contributed by atoms with Gasteiger partial charge in [0.2, 0.25) is 0 Å². The first-order valence-corrected chi connectivity index (χ1v) is 4.09. The zero-order chi connectivity index (χ0) is 6.69. The van der Waals surface area contributed by atoms with Gasteiger partial charge in [0.1, 0.15) is 0 Å². The van der Waals surface area contributed by atoms with Crippen LogP contribution >= 0.6 is 22.6 Å². The zero-order valence-electron chi connectivity index (χ0n) is 5.21. The number of rotatable bonds is 1. The fraction of sp³-hybridized carbons (Fsp3) is 0.286. The minimum absolute atomic E-state index is 0.589. The molecular weight excluding hydrogens is 225 g/mol. The van der Waals surface area contributed by atoms with Crippen LogP contribution in [0, 0.1) is 0 Å². The average molecular weight is 233 g/mol. The fourth-order valence-corrected chi connectivity index (χ4v) is 1.04. The average Bonchev–Trinajstić information content (AvgIpc) is 1.90. The second kappa shape index (κ2) is 3.15. The monoisotopic (exact) mass is 233 g/mol. The Morgan fingerprint density at radius 1 is 1.44 bits per heavy atom. The van der Waals surface area contributed by atoms with Gasteiger partial charge in [-0.15, -0.1) is 0 Å². The second-order valence-corrected chi connectivity index (χ2v) is 3.76. The molecule has 1 heterocycles. The largest absolute Gasteiger partial charge is 0.265 e. The maximum Gasteiger partial charge on any atom is 0.0332 e. The highest BCUT2D eigenvalue weighted by Crippen LogP contribution is 2.20. The van der Waals surface area contributed by atoms with Crippen LogP contribution in [-0.4, -0.2) is 4.98 Å². The molecule has 9 heavy (non-hydrogen) atoms. The summed E-state index contributed by atoms with van der Waals surface area (Å²) in [6.45, 7) is 2.16. The van der Waals surface area contributed by atoms with Crippen molar-refractivity contribution in [2.75, 3.05) is 0 Å². The summed E-state index contributed by atoms with van der Waals surface area (Å²) in [6.07, 6.45) is 3.65. The van der Waals surface area contributed by atoms with E-state index in [-0.39, 0.29) is 0 Å². The molecule has 1 unspecified atom stereocenters. The van der Waals surface area contributed by atoms with E-state index in [0.717, 1.165) is 0 Å². The summed E-state index contributed by atoms with van der Waals surface area (Å²) in [4.78, 5) is 3.92. The predicted molar refractivity (Wildman–Crippen MR) is 46.7 cm³/mol. The molecule has 0 saturated carbocycles. The van der Waals surface area contributed by atoms with Gasteiger partial charge < -0.3 is 0 Å². The Morgan fingerprint density at radius 3 is 2.33 bits per heavy atom. The van der Waals surface area contributed by atoms with E-state index in [1.54, 1.807) is 0 Å². The molecule has 1 aromatic rings. The highest BCUT2D eigenvalue weighted by Gasteiger charge is 1.95. The summed E-state index contributed by atoms with van der Waals surface area (Å²) < 4.78 is 0.589. The summed E-state index contributed by atoms with van der Waals surface area (Å²) in [5.74, 6) is 0. The van der Waals surface area contributed by atoms with Gasteiger partial charge in [-0.05, 0) is 24.6 Å². The van der Waals surface area contributed by atoms with E-state index in [2.05, 4.69) is 34.5 Å². The van der Waals surface area contributed by atoms with Crippen molar-refractivity contribution < 1.29 is 0 Å². The lowest BCUT2D eigenvalue weighted by Gasteiger charge is -1.99. The second-order valence-electron chi connectivity index (χ2n) is 1.90. The molecule has 0 N–H and O–H groups in total. The van der Waals surface area contributed by atoms with Gasteiger partial charge in [-0.2, -0.15) is 0 Å². The number of alkyl halides is 1. The van der Waals surface area contributed by atoms with Crippen LogP contribution in [0.15, 0.2) is 24.5 Å². The van der Waals surface area contributed by atoms with Gasteiger partial charge in [0.05, 0.1) is 0 Å². The first-order valence-electron chi connectivity index (χ1n) is 2.84. The lowest BCUT2D eigenvalue weighted by Crippen LogP contribution is -1.81. The summed E-state index contributed by atoms with van der Waals surface area (Å²) in [5, 5.41) is 0. The van der Waals surface area contributed by atoms with Crippen molar-refractivity contribution in [3.63, 3.8) is 0 Å². The summed E-state index contributed by atoms with van der Waals surface area (Å²) in [6, 6.07) is 4.08. The molecule has 0 aliphatic heterocycles. The Hall–Kier alpha value is -0.120. The van der Waals surface area contributed by atoms with Crippen molar-refractivity contribution in [3.8, 4) is 0 Å². The van der Waals surface area contributed by atoms with Crippen LogP contribution in [0.5, 0.6) is 0 Å². The molecule has 0 saturated heterocycles. The Labute approximate surface area is 68.6 Å². The fourth-order valence-electron chi connectivity index (χ4n) is 0.629. The van der Waals surface area contributed by atoms with E-state index in [1.807, 2.05) is 24.5 Å². The number of aromatic nitrogens is 1. The van der Waals surface area contributed by atoms with E-state index in [4.69, 9.17) is 0 Å². The smallest absolute Gasteiger partial charge is 0.0332 e. The first kappa shape index (κ1) is 6.99. The summed E-state index contributed by atoms with van der Waals surface area (Å²) >= 11 is 2.38. The Kier molecular flexibility index (Phi) is 2.45. The number of pyridine rings is 1. The van der Waals surface area contributed by atoms with Crippen LogP contribution in [0.2, 0.25) is 0 Å². The van der Waals surface area contributed by atoms with Crippen molar-refractivity contribution in [2.45, 2.75) is 10.8 Å². The number of halogens is 1. The van der Waals surface area contributed by atoms with Crippen LogP contribution in [0.1, 0.15) is 16.4 Å². The minimum atomic E-state index is 0.589. The zero-order valence-corrected chi connectivity index (χ0v) is 7.37. The lowest BCUT2D eigenvalue weighted by atomic mass is 10.2. The molecule has 1 aromatic heterocycles. The molecule has 1 nitrogen and oxygen atoms in total. The van der Waals surface area contributed by atoms with Gasteiger partial charge in [0.15, 0.2) is 0 Å². The molecule has 1 atom stereocenters. The molecule has 48 valence electrons. The maximum absolute atomic E-state index is 3.92. The first-order chi connectivity index (χ1) is 4.30. The molecule has 0 radical (unpaired) electrons. The predicted octanol–water partition coefficient (Wildman–Crippen LogP) is 2.58. The van der Waals surface area contributed by atoms with Crippen LogP contribution in [0.3, 0.4) is 0 Å². The number of nitrogens with zero attached hydrogens (tertiary/aromatic N) is 1. The van der Waals surface area contributed by atoms with Gasteiger partial charge in [-0.3, -0.25) is 4.98 Å². The van der Waals surface area contributed by atoms with Gasteiger partial charge in [0, 0.05) is 16.3 Å². The lowest BCUT2D eigenvalue weighted by molar-refractivity contribution is 1.12. The van der Waals surface area contributed by atoms with Crippen molar-refractivity contribution in [2.24, 2.45) is 0 Å². The summed E-state index contributed by atoms with van der Waals surface area (Å²) in [5.41, 5.74) is 1.34. The molecule has 2 heteroatoms. The highest BCUT2D eigenvalue weighted by molar-refractivity contribution is 14.1. The molecule has 0 aromatic carbocycles. The van der Waals surface area contributed by atoms with Crippen molar-refractivity contribution in [1.82, 2.24) is 4.98 Å². The summed E-state index contributed by atoms with van der Waals surface area (Å²) in [7, 11) is 0. The highest BCUT2D eigenvalue weighted by atomic mass is 127. The van der Waals surface area contributed by atoms with Gasteiger partial charge in [-0.1, -0.05) is 22.6 Å². The van der Waals surface area contributed by atoms with Crippen LogP contribution < -0.4 is 0 Å². The van der Waals surface area contributed by atoms with Crippen molar-refractivity contribution in [1.29, 1.82) is 0 Å². The van der Waals surface area contributed by atoms with E-state index < -0.39 is 0 Å². The number of hydrogen-bond donors (Lipinski definition) is 0. The standard InChI is InChI=1S/C7H8IN/c1-6(8)7-2-4-9-5-3-7/h2-6H,1H3. The third-order valence-electron chi connectivity index (χ3n) is 1.17. The van der Waals surface area contributed by atoms with Crippen LogP contribution in [0.25, 0.3) is 0 Å². The van der Waals surface area contributed by atoms with Crippen molar-refractivity contribution >= 4 is 22.6 Å². The van der Waals surface area contributed by atoms with Gasteiger partial charge in [-0.25, -0.2) is 0 Å². The Morgan fingerprint density at radius 2 is 2.00 bits per heavy atom. The van der Waals surface area contributed by atoms with E-state index in [9.17, 15) is 0 Å². The van der Waals surface area contributed by atoms with E-state index in [1.165, 1.54) is 5.56 Å². The van der Waals surface area contributed by atoms with E-state index >= 15 is 0 Å². The molecule has 0 aliphatic carbocycles. The molecule has 1 rings (SSSR count). The molecule has 0 bridgehead atoms. The molecular formula is C7H8IN. The van der Waals surface area contributed by atoms with Crippen LogP contribution in [0.4, 0.5) is 0 Å². The minimum Gasteiger partial charge on any atom is -0.265 e. The molecule has 0 amide bonds. The molecule has 0 spiro atoms. The number of hydrogen-bond acceptors (Lipinski definition) is 1. The van der Waals surface area contributed by atoms with Crippen LogP contribution in [-0.2, 0) is 0 Å². The van der Waals surface area contributed by atoms with Gasteiger partial charge >= 0.3 is 0 Å². The Bertz CT molecular complexity index is 172. The quantitative estimate of drug-likeness (QED) is 0.536. The van der Waals surface area contributed by atoms with Gasteiger partial charge in [0.25, 0.3) is 0 Å². The molecule has 0 fully saturated rings. The third kappa shape index (κ3) is 1.93. The van der Waals surface area contributed by atoms with Crippen molar-refractivity contribution in [3.05, 3.63) is 30.1 Å². The van der Waals surface area contributed by atoms with E-state index in [0.29, 0.717) is 3.92 Å². The Balaban J connectivity index is 2.85. The topological polar surface area (TPSA) is 12.9 Å². The normalized spacial score (nSPS) is 13.1. The third-order valence-corrected chi connectivity index (χ3v) is 1.88. The molecule has 0 aliphatic rings.